The number of non-ortho nitro benzene ring substituents is 1. The van der Waals surface area contributed by atoms with E-state index in [0.29, 0.717) is 10.6 Å². The molecule has 160 valence electrons. The zero-order valence-corrected chi connectivity index (χ0v) is 17.7. The van der Waals surface area contributed by atoms with E-state index in [-0.39, 0.29) is 33.3 Å². The fraction of sp³-hybridized carbons (Fsp3) is 0.111. The highest BCUT2D eigenvalue weighted by Gasteiger charge is 2.15. The number of carbonyl (C=O) groups excluding carboxylic acids is 2. The monoisotopic (exact) mass is 482 g/mol. The second kappa shape index (κ2) is 10.2. The molecule has 0 spiro atoms. The lowest BCUT2D eigenvalue weighted by atomic mass is 10.2. The lowest BCUT2D eigenvalue weighted by Gasteiger charge is -2.07. The van der Waals surface area contributed by atoms with Gasteiger partial charge < -0.3 is 14.5 Å². The maximum Gasteiger partial charge on any atom is 0.316 e. The van der Waals surface area contributed by atoms with Gasteiger partial charge in [-0.15, -0.1) is 10.2 Å². The second-order valence-corrected chi connectivity index (χ2v) is 7.57. The van der Waals surface area contributed by atoms with Crippen LogP contribution in [-0.2, 0) is 14.3 Å². The molecule has 2 aromatic carbocycles. The van der Waals surface area contributed by atoms with E-state index in [1.165, 1.54) is 12.1 Å². The van der Waals surface area contributed by atoms with Gasteiger partial charge in [0.15, 0.2) is 6.61 Å². The highest BCUT2D eigenvalue weighted by molar-refractivity contribution is 7.99. The third-order valence-corrected chi connectivity index (χ3v) is 4.98. The van der Waals surface area contributed by atoms with Gasteiger partial charge >= 0.3 is 5.97 Å². The molecule has 13 heteroatoms. The molecule has 31 heavy (non-hydrogen) atoms. The van der Waals surface area contributed by atoms with Crippen molar-refractivity contribution in [2.24, 2.45) is 0 Å². The summed E-state index contributed by atoms with van der Waals surface area (Å²) in [6.45, 7) is -0.599. The average molecular weight is 483 g/mol. The van der Waals surface area contributed by atoms with E-state index in [0.717, 1.165) is 17.8 Å². The molecule has 0 aliphatic rings. The van der Waals surface area contributed by atoms with Gasteiger partial charge in [0, 0.05) is 22.7 Å². The molecule has 0 bridgehead atoms. The van der Waals surface area contributed by atoms with Crippen molar-refractivity contribution >= 4 is 58.2 Å². The molecule has 0 saturated heterocycles. The van der Waals surface area contributed by atoms with Crippen LogP contribution < -0.4 is 5.32 Å². The smallest absolute Gasteiger partial charge is 0.316 e. The maximum absolute atomic E-state index is 11.9. The van der Waals surface area contributed by atoms with Crippen molar-refractivity contribution in [2.75, 3.05) is 17.7 Å². The summed E-state index contributed by atoms with van der Waals surface area (Å²) in [5, 5.41) is 21.7. The molecule has 0 aliphatic carbocycles. The van der Waals surface area contributed by atoms with E-state index >= 15 is 0 Å². The number of anilines is 1. The fourth-order valence-corrected chi connectivity index (χ4v) is 3.05. The fourth-order valence-electron chi connectivity index (χ4n) is 2.19. The van der Waals surface area contributed by atoms with Gasteiger partial charge in [0.25, 0.3) is 16.8 Å². The number of amides is 1. The molecule has 0 fully saturated rings. The Morgan fingerprint density at radius 2 is 1.90 bits per heavy atom. The highest BCUT2D eigenvalue weighted by atomic mass is 35.5. The summed E-state index contributed by atoms with van der Waals surface area (Å²) in [5.74, 6) is -1.31. The molecule has 0 aliphatic heterocycles. The van der Waals surface area contributed by atoms with Crippen molar-refractivity contribution < 1.29 is 23.7 Å². The van der Waals surface area contributed by atoms with Crippen LogP contribution in [0.5, 0.6) is 0 Å². The molecular weight excluding hydrogens is 471 g/mol. The van der Waals surface area contributed by atoms with Crippen LogP contribution >= 0.6 is 35.0 Å². The zero-order valence-electron chi connectivity index (χ0n) is 15.4. The van der Waals surface area contributed by atoms with Gasteiger partial charge in [0.2, 0.25) is 5.89 Å². The molecule has 1 heterocycles. The number of nitrogens with one attached hydrogen (secondary N) is 1. The Hall–Kier alpha value is -3.15. The molecular formula is C18H12Cl2N4O6S. The number of aromatic nitrogens is 2. The van der Waals surface area contributed by atoms with Crippen LogP contribution in [0.4, 0.5) is 11.4 Å². The Balaban J connectivity index is 1.46. The number of rotatable bonds is 8. The van der Waals surface area contributed by atoms with Gasteiger partial charge in [-0.2, -0.15) is 0 Å². The maximum atomic E-state index is 11.9. The molecule has 0 saturated carbocycles. The van der Waals surface area contributed by atoms with Crippen molar-refractivity contribution in [3.05, 3.63) is 62.6 Å². The summed E-state index contributed by atoms with van der Waals surface area (Å²) in [6, 6.07) is 10.4. The van der Waals surface area contributed by atoms with Crippen molar-refractivity contribution in [3.63, 3.8) is 0 Å². The minimum absolute atomic E-state index is 0.0341. The number of nitro benzene ring substituents is 1. The largest absolute Gasteiger partial charge is 0.455 e. The molecule has 3 rings (SSSR count). The molecule has 1 N–H and O–H groups in total. The van der Waals surface area contributed by atoms with Crippen LogP contribution in [0.1, 0.15) is 0 Å². The van der Waals surface area contributed by atoms with Gasteiger partial charge in [0.05, 0.1) is 15.6 Å². The minimum atomic E-state index is -0.705. The van der Waals surface area contributed by atoms with Crippen LogP contribution in [0.25, 0.3) is 11.5 Å². The van der Waals surface area contributed by atoms with Crippen LogP contribution in [0.2, 0.25) is 10.0 Å². The Labute approximate surface area is 189 Å². The summed E-state index contributed by atoms with van der Waals surface area (Å²) < 4.78 is 10.3. The SMILES string of the molecule is O=C(COC(=O)CSc1nnc(-c2ccc(Cl)cc2)o1)Nc1cc([N+](=O)[O-])ccc1Cl. The Bertz CT molecular complexity index is 1120. The van der Waals surface area contributed by atoms with Crippen molar-refractivity contribution in [1.29, 1.82) is 0 Å². The third kappa shape index (κ3) is 6.41. The molecule has 3 aromatic rings. The van der Waals surface area contributed by atoms with E-state index in [4.69, 9.17) is 32.4 Å². The summed E-state index contributed by atoms with van der Waals surface area (Å²) in [7, 11) is 0. The molecule has 10 nitrogen and oxygen atoms in total. The Kier molecular flexibility index (Phi) is 7.45. The predicted molar refractivity (Wildman–Crippen MR) is 113 cm³/mol. The summed E-state index contributed by atoms with van der Waals surface area (Å²) in [4.78, 5) is 34.0. The first-order valence-electron chi connectivity index (χ1n) is 8.43. The number of carbonyl (C=O) groups is 2. The number of nitrogens with zero attached hydrogens (tertiary/aromatic N) is 3. The number of ether oxygens (including phenoxy) is 1. The van der Waals surface area contributed by atoms with Crippen LogP contribution in [0, 0.1) is 10.1 Å². The number of halogens is 2. The number of hydrogen-bond donors (Lipinski definition) is 1. The molecule has 1 amide bonds. The van der Waals surface area contributed by atoms with Gasteiger partial charge in [-0.3, -0.25) is 19.7 Å². The second-order valence-electron chi connectivity index (χ2n) is 5.80. The van der Waals surface area contributed by atoms with Gasteiger partial charge in [-0.1, -0.05) is 35.0 Å². The van der Waals surface area contributed by atoms with Gasteiger partial charge in [-0.05, 0) is 30.3 Å². The minimum Gasteiger partial charge on any atom is -0.455 e. The van der Waals surface area contributed by atoms with Crippen LogP contribution in [0.15, 0.2) is 52.1 Å². The predicted octanol–water partition coefficient (Wildman–Crippen LogP) is 4.23. The molecule has 0 atom stereocenters. The van der Waals surface area contributed by atoms with E-state index in [1.807, 2.05) is 0 Å². The summed E-state index contributed by atoms with van der Waals surface area (Å²) in [6.07, 6.45) is 0. The van der Waals surface area contributed by atoms with Crippen molar-refractivity contribution in [3.8, 4) is 11.5 Å². The van der Waals surface area contributed by atoms with Gasteiger partial charge in [-0.25, -0.2) is 0 Å². The van der Waals surface area contributed by atoms with Crippen molar-refractivity contribution in [1.82, 2.24) is 10.2 Å². The zero-order chi connectivity index (χ0) is 22.4. The van der Waals surface area contributed by atoms with Crippen LogP contribution in [0.3, 0.4) is 0 Å². The quantitative estimate of drug-likeness (QED) is 0.216. The first kappa shape index (κ1) is 22.5. The normalized spacial score (nSPS) is 10.5. The third-order valence-electron chi connectivity index (χ3n) is 3.61. The Morgan fingerprint density at radius 1 is 1.16 bits per heavy atom. The first-order chi connectivity index (χ1) is 14.8. The number of esters is 1. The van der Waals surface area contributed by atoms with E-state index < -0.39 is 23.4 Å². The lowest BCUT2D eigenvalue weighted by molar-refractivity contribution is -0.384. The molecule has 1 aromatic heterocycles. The van der Waals surface area contributed by atoms with Gasteiger partial charge in [0.1, 0.15) is 5.75 Å². The number of nitro groups is 1. The number of hydrogen-bond acceptors (Lipinski definition) is 9. The van der Waals surface area contributed by atoms with E-state index in [9.17, 15) is 19.7 Å². The van der Waals surface area contributed by atoms with E-state index in [1.54, 1.807) is 24.3 Å². The van der Waals surface area contributed by atoms with Crippen LogP contribution in [-0.4, -0.2) is 39.4 Å². The number of thioether (sulfide) groups is 1. The van der Waals surface area contributed by atoms with E-state index in [2.05, 4.69) is 15.5 Å². The summed E-state index contributed by atoms with van der Waals surface area (Å²) >= 11 is 12.7. The topological polar surface area (TPSA) is 137 Å². The molecule has 0 unspecified atom stereocenters. The first-order valence-corrected chi connectivity index (χ1v) is 10.2. The average Bonchev–Trinajstić information content (AvgIpc) is 3.21. The van der Waals surface area contributed by atoms with Crippen molar-refractivity contribution in [2.45, 2.75) is 5.22 Å². The number of benzene rings is 2. The lowest BCUT2D eigenvalue weighted by Crippen LogP contribution is -2.21. The molecule has 0 radical (unpaired) electrons. The standard InChI is InChI=1S/C18H12Cl2N4O6S/c19-11-3-1-10(2-4-11)17-22-23-18(30-17)31-9-16(26)29-8-15(25)21-14-7-12(24(27)28)5-6-13(14)20/h1-7H,8-9H2,(H,21,25). The summed E-state index contributed by atoms with van der Waals surface area (Å²) in [5.41, 5.74) is 0.459. The Morgan fingerprint density at radius 3 is 2.61 bits per heavy atom. The highest BCUT2D eigenvalue weighted by Crippen LogP contribution is 2.27.